The predicted molar refractivity (Wildman–Crippen MR) is 74.9 cm³/mol. The van der Waals surface area contributed by atoms with Crippen molar-refractivity contribution in [1.82, 2.24) is 15.6 Å². The summed E-state index contributed by atoms with van der Waals surface area (Å²) in [4.78, 5) is 27.4. The number of nitrogens with zero attached hydrogens (tertiary/aromatic N) is 1. The van der Waals surface area contributed by atoms with E-state index in [-0.39, 0.29) is 30.4 Å². The first kappa shape index (κ1) is 14.5. The lowest BCUT2D eigenvalue weighted by Crippen LogP contribution is -2.44. The average molecular weight is 276 g/mol. The number of nitrogens with one attached hydrogen (secondary N) is 2. The smallest absolute Gasteiger partial charge is 0.270 e. The summed E-state index contributed by atoms with van der Waals surface area (Å²) in [5, 5.41) is 5.48. The lowest BCUT2D eigenvalue weighted by molar-refractivity contribution is -0.121. The molecule has 1 heterocycles. The van der Waals surface area contributed by atoms with Gasteiger partial charge in [-0.25, -0.2) is 0 Å². The fourth-order valence-electron chi connectivity index (χ4n) is 2.29. The van der Waals surface area contributed by atoms with Crippen LogP contribution in [0.1, 0.15) is 36.2 Å². The topological polar surface area (TPSA) is 97.1 Å². The zero-order valence-corrected chi connectivity index (χ0v) is 11.3. The second-order valence-corrected chi connectivity index (χ2v) is 5.08. The van der Waals surface area contributed by atoms with E-state index in [1.165, 1.54) is 0 Å². The summed E-state index contributed by atoms with van der Waals surface area (Å²) in [6.07, 6.45) is 5.22. The van der Waals surface area contributed by atoms with Crippen molar-refractivity contribution in [2.24, 2.45) is 5.73 Å². The summed E-state index contributed by atoms with van der Waals surface area (Å²) in [5.41, 5.74) is 6.12. The van der Waals surface area contributed by atoms with E-state index in [0.717, 1.165) is 25.7 Å². The Kier molecular flexibility index (Phi) is 5.06. The van der Waals surface area contributed by atoms with Crippen molar-refractivity contribution in [3.05, 3.63) is 30.1 Å². The Bertz CT molecular complexity index is 456. The number of carbonyl (C=O) groups is 2. The third-order valence-corrected chi connectivity index (χ3v) is 3.44. The maximum atomic E-state index is 11.8. The molecule has 6 heteroatoms. The standard InChI is InChI=1S/C14H20N4O2/c15-10-4-6-11(7-5-10)18-13(19)9-17-14(20)12-3-1-2-8-16-12/h1-3,8,10-11H,4-7,9,15H2,(H,17,20)(H,18,19). The van der Waals surface area contributed by atoms with Crippen LogP contribution in [0.5, 0.6) is 0 Å². The highest BCUT2D eigenvalue weighted by atomic mass is 16.2. The molecule has 0 saturated heterocycles. The minimum absolute atomic E-state index is 0.0298. The Balaban J connectivity index is 1.71. The molecule has 1 aromatic rings. The van der Waals surface area contributed by atoms with Gasteiger partial charge in [-0.2, -0.15) is 0 Å². The van der Waals surface area contributed by atoms with Gasteiger partial charge in [0.2, 0.25) is 5.91 Å². The van der Waals surface area contributed by atoms with Gasteiger partial charge < -0.3 is 16.4 Å². The van der Waals surface area contributed by atoms with Gasteiger partial charge in [0.15, 0.2) is 0 Å². The van der Waals surface area contributed by atoms with E-state index in [1.54, 1.807) is 24.4 Å². The Morgan fingerprint density at radius 3 is 2.65 bits per heavy atom. The van der Waals surface area contributed by atoms with Crippen LogP contribution in [0.15, 0.2) is 24.4 Å². The van der Waals surface area contributed by atoms with Gasteiger partial charge in [-0.3, -0.25) is 14.6 Å². The number of carbonyl (C=O) groups excluding carboxylic acids is 2. The molecule has 0 unspecified atom stereocenters. The number of nitrogens with two attached hydrogens (primary N) is 1. The van der Waals surface area contributed by atoms with Crippen LogP contribution in [-0.4, -0.2) is 35.4 Å². The van der Waals surface area contributed by atoms with Crippen molar-refractivity contribution < 1.29 is 9.59 Å². The van der Waals surface area contributed by atoms with Gasteiger partial charge in [0.25, 0.3) is 5.91 Å². The van der Waals surface area contributed by atoms with Gasteiger partial charge in [0.05, 0.1) is 6.54 Å². The molecule has 4 N–H and O–H groups in total. The summed E-state index contributed by atoms with van der Waals surface area (Å²) in [5.74, 6) is -0.513. The molecule has 2 amide bonds. The van der Waals surface area contributed by atoms with Crippen LogP contribution in [0.3, 0.4) is 0 Å². The number of rotatable bonds is 4. The number of hydrogen-bond donors (Lipinski definition) is 3. The number of pyridine rings is 1. The summed E-state index contributed by atoms with van der Waals surface area (Å²) in [6.45, 7) is -0.0298. The molecule has 1 saturated carbocycles. The van der Waals surface area contributed by atoms with Crippen molar-refractivity contribution in [3.63, 3.8) is 0 Å². The molecular formula is C14H20N4O2. The van der Waals surface area contributed by atoms with Crippen molar-refractivity contribution >= 4 is 11.8 Å². The van der Waals surface area contributed by atoms with Crippen molar-refractivity contribution in [2.75, 3.05) is 6.54 Å². The molecule has 0 aromatic carbocycles. The van der Waals surface area contributed by atoms with Crippen molar-refractivity contribution in [2.45, 2.75) is 37.8 Å². The summed E-state index contributed by atoms with van der Waals surface area (Å²) >= 11 is 0. The van der Waals surface area contributed by atoms with Crippen LogP contribution in [-0.2, 0) is 4.79 Å². The Hall–Kier alpha value is -1.95. The van der Waals surface area contributed by atoms with Gasteiger partial charge in [0.1, 0.15) is 5.69 Å². The molecule has 1 aliphatic carbocycles. The maximum absolute atomic E-state index is 11.8. The van der Waals surface area contributed by atoms with E-state index in [9.17, 15) is 9.59 Å². The zero-order chi connectivity index (χ0) is 14.4. The molecule has 1 aliphatic rings. The first-order valence-electron chi connectivity index (χ1n) is 6.89. The number of hydrogen-bond acceptors (Lipinski definition) is 4. The Labute approximate surface area is 118 Å². The molecule has 2 rings (SSSR count). The second kappa shape index (κ2) is 7.00. The van der Waals surface area contributed by atoms with E-state index < -0.39 is 0 Å². The minimum atomic E-state index is -0.341. The van der Waals surface area contributed by atoms with Crippen LogP contribution >= 0.6 is 0 Å². The largest absolute Gasteiger partial charge is 0.352 e. The molecule has 1 fully saturated rings. The molecule has 20 heavy (non-hydrogen) atoms. The minimum Gasteiger partial charge on any atom is -0.352 e. The first-order valence-corrected chi connectivity index (χ1v) is 6.89. The lowest BCUT2D eigenvalue weighted by atomic mass is 9.92. The lowest BCUT2D eigenvalue weighted by Gasteiger charge is -2.26. The molecule has 1 aromatic heterocycles. The quantitative estimate of drug-likeness (QED) is 0.731. The van der Waals surface area contributed by atoms with Crippen molar-refractivity contribution in [3.8, 4) is 0 Å². The third kappa shape index (κ3) is 4.31. The summed E-state index contributed by atoms with van der Waals surface area (Å²) in [7, 11) is 0. The first-order chi connectivity index (χ1) is 9.65. The normalized spacial score (nSPS) is 22.1. The van der Waals surface area contributed by atoms with E-state index >= 15 is 0 Å². The van der Waals surface area contributed by atoms with Crippen LogP contribution < -0.4 is 16.4 Å². The average Bonchev–Trinajstić information content (AvgIpc) is 2.48. The highest BCUT2D eigenvalue weighted by molar-refractivity contribution is 5.94. The van der Waals surface area contributed by atoms with Gasteiger partial charge in [-0.1, -0.05) is 6.07 Å². The monoisotopic (exact) mass is 276 g/mol. The SMILES string of the molecule is NC1CCC(NC(=O)CNC(=O)c2ccccn2)CC1. The Morgan fingerprint density at radius 1 is 1.25 bits per heavy atom. The molecule has 0 atom stereocenters. The Morgan fingerprint density at radius 2 is 2.00 bits per heavy atom. The molecule has 0 bridgehead atoms. The molecule has 0 spiro atoms. The summed E-state index contributed by atoms with van der Waals surface area (Å²) in [6, 6.07) is 5.50. The van der Waals surface area contributed by atoms with Gasteiger partial charge >= 0.3 is 0 Å². The van der Waals surface area contributed by atoms with Crippen molar-refractivity contribution in [1.29, 1.82) is 0 Å². The molecule has 108 valence electrons. The summed E-state index contributed by atoms with van der Waals surface area (Å²) < 4.78 is 0. The molecule has 0 radical (unpaired) electrons. The fourth-order valence-corrected chi connectivity index (χ4v) is 2.29. The highest BCUT2D eigenvalue weighted by Gasteiger charge is 2.20. The van der Waals surface area contributed by atoms with Crippen LogP contribution in [0.25, 0.3) is 0 Å². The maximum Gasteiger partial charge on any atom is 0.270 e. The number of amides is 2. The van der Waals surface area contributed by atoms with Gasteiger partial charge in [-0.05, 0) is 37.8 Å². The third-order valence-electron chi connectivity index (χ3n) is 3.44. The van der Waals surface area contributed by atoms with Gasteiger partial charge in [-0.15, -0.1) is 0 Å². The van der Waals surface area contributed by atoms with Crippen LogP contribution in [0, 0.1) is 0 Å². The van der Waals surface area contributed by atoms with E-state index in [0.29, 0.717) is 5.69 Å². The van der Waals surface area contributed by atoms with Crippen LogP contribution in [0.4, 0.5) is 0 Å². The molecule has 6 nitrogen and oxygen atoms in total. The van der Waals surface area contributed by atoms with Crippen LogP contribution in [0.2, 0.25) is 0 Å². The second-order valence-electron chi connectivity index (χ2n) is 5.08. The number of aromatic nitrogens is 1. The van der Waals surface area contributed by atoms with E-state index in [1.807, 2.05) is 0 Å². The molecular weight excluding hydrogens is 256 g/mol. The van der Waals surface area contributed by atoms with Gasteiger partial charge in [0, 0.05) is 18.3 Å². The predicted octanol–water partition coefficient (Wildman–Crippen LogP) is 0.198. The highest BCUT2D eigenvalue weighted by Crippen LogP contribution is 2.16. The van der Waals surface area contributed by atoms with E-state index in [2.05, 4.69) is 15.6 Å². The van der Waals surface area contributed by atoms with E-state index in [4.69, 9.17) is 5.73 Å². The molecule has 0 aliphatic heterocycles. The zero-order valence-electron chi connectivity index (χ0n) is 11.3. The fraction of sp³-hybridized carbons (Fsp3) is 0.500.